The number of Topliss-reactive ketones (excluding diaryl/α,β-unsaturated/α-hetero) is 1. The van der Waals surface area contributed by atoms with Gasteiger partial charge in [0.05, 0.1) is 11.6 Å². The van der Waals surface area contributed by atoms with Gasteiger partial charge in [0, 0.05) is 24.9 Å². The molecule has 1 heterocycles. The number of ketones is 1. The van der Waals surface area contributed by atoms with Gasteiger partial charge in [-0.2, -0.15) is 0 Å². The van der Waals surface area contributed by atoms with E-state index < -0.39 is 5.97 Å². The van der Waals surface area contributed by atoms with Crippen molar-refractivity contribution in [2.75, 3.05) is 13.2 Å². The molecule has 0 bridgehead atoms. The predicted molar refractivity (Wildman–Crippen MR) is 155 cm³/mol. The molecule has 1 aliphatic heterocycles. The minimum Gasteiger partial charge on any atom is -0.491 e. The van der Waals surface area contributed by atoms with Crippen LogP contribution in [0, 0.1) is 0 Å². The van der Waals surface area contributed by atoms with Crippen LogP contribution in [-0.2, 0) is 17.6 Å². The molecule has 1 aliphatic rings. The van der Waals surface area contributed by atoms with Crippen molar-refractivity contribution in [3.63, 3.8) is 0 Å². The fraction of sp³-hybridized carbons (Fsp3) is 0.206. The van der Waals surface area contributed by atoms with Gasteiger partial charge in [0.15, 0.2) is 0 Å². The molecule has 1 unspecified atom stereocenters. The second-order valence-electron chi connectivity index (χ2n) is 10.0. The van der Waals surface area contributed by atoms with Crippen LogP contribution in [-0.4, -0.2) is 46.9 Å². The van der Waals surface area contributed by atoms with Gasteiger partial charge < -0.3 is 19.5 Å². The van der Waals surface area contributed by atoms with E-state index in [2.05, 4.69) is 0 Å². The Hall–Kier alpha value is -4.91. The number of benzene rings is 4. The van der Waals surface area contributed by atoms with Crippen molar-refractivity contribution in [1.29, 1.82) is 0 Å². The van der Waals surface area contributed by atoms with Crippen LogP contribution in [0.15, 0.2) is 103 Å². The monoisotopic (exact) mass is 549 g/mol. The van der Waals surface area contributed by atoms with Crippen LogP contribution in [0.3, 0.4) is 0 Å². The molecule has 0 saturated carbocycles. The fourth-order valence-corrected chi connectivity index (χ4v) is 5.02. The average molecular weight is 550 g/mol. The van der Waals surface area contributed by atoms with E-state index >= 15 is 0 Å². The highest BCUT2D eigenvalue weighted by molar-refractivity contribution is 5.94. The van der Waals surface area contributed by atoms with E-state index in [-0.39, 0.29) is 36.1 Å². The molecule has 0 aliphatic carbocycles. The zero-order chi connectivity index (χ0) is 28.6. The lowest BCUT2D eigenvalue weighted by Crippen LogP contribution is -2.39. The van der Waals surface area contributed by atoms with Gasteiger partial charge in [0.25, 0.3) is 5.91 Å². The van der Waals surface area contributed by atoms with E-state index in [9.17, 15) is 19.5 Å². The lowest BCUT2D eigenvalue weighted by Gasteiger charge is -2.25. The number of carboxylic acids is 1. The standard InChI is InChI=1S/C34H31NO6/c36-28(22-26-9-4-5-11-32(26)34(38)39)21-24-12-14-30(15-13-24)41-31-18-16-29(17-19-31)40-23-27-10-6-20-35(27)33(37)25-7-2-1-3-8-25/h1-5,7-9,11-19,27H,6,10,20-23H2,(H,38,39). The van der Waals surface area contributed by atoms with Crippen molar-refractivity contribution in [3.05, 3.63) is 125 Å². The van der Waals surface area contributed by atoms with Crippen molar-refractivity contribution in [2.24, 2.45) is 0 Å². The third-order valence-electron chi connectivity index (χ3n) is 7.12. The van der Waals surface area contributed by atoms with E-state index in [0.717, 1.165) is 24.9 Å². The highest BCUT2D eigenvalue weighted by Gasteiger charge is 2.29. The number of carbonyl (C=O) groups is 3. The van der Waals surface area contributed by atoms with Gasteiger partial charge in [-0.3, -0.25) is 9.59 Å². The Kier molecular flexibility index (Phi) is 8.74. The van der Waals surface area contributed by atoms with Crippen LogP contribution in [0.5, 0.6) is 17.2 Å². The number of hydrogen-bond donors (Lipinski definition) is 1. The summed E-state index contributed by atoms with van der Waals surface area (Å²) in [6.45, 7) is 1.17. The zero-order valence-electron chi connectivity index (χ0n) is 22.6. The van der Waals surface area contributed by atoms with Crippen LogP contribution in [0.1, 0.15) is 44.7 Å². The van der Waals surface area contributed by atoms with Crippen LogP contribution >= 0.6 is 0 Å². The quantitative estimate of drug-likeness (QED) is 0.239. The zero-order valence-corrected chi connectivity index (χ0v) is 22.6. The molecule has 208 valence electrons. The Labute approximate surface area is 239 Å². The van der Waals surface area contributed by atoms with E-state index in [1.807, 2.05) is 71.6 Å². The summed E-state index contributed by atoms with van der Waals surface area (Å²) in [7, 11) is 0. The summed E-state index contributed by atoms with van der Waals surface area (Å²) >= 11 is 0. The first kappa shape index (κ1) is 27.6. The molecule has 1 saturated heterocycles. The molecular formula is C34H31NO6. The molecule has 1 N–H and O–H groups in total. The first-order valence-electron chi connectivity index (χ1n) is 13.6. The molecule has 1 atom stereocenters. The number of amides is 1. The molecule has 0 spiro atoms. The van der Waals surface area contributed by atoms with Crippen LogP contribution < -0.4 is 9.47 Å². The fourth-order valence-electron chi connectivity index (χ4n) is 5.02. The third kappa shape index (κ3) is 7.19. The van der Waals surface area contributed by atoms with Gasteiger partial charge in [-0.1, -0.05) is 48.5 Å². The number of likely N-dealkylation sites (tertiary alicyclic amines) is 1. The number of carboxylic acid groups (broad SMARTS) is 1. The van der Waals surface area contributed by atoms with Crippen molar-refractivity contribution in [3.8, 4) is 17.2 Å². The number of hydrogen-bond acceptors (Lipinski definition) is 5. The summed E-state index contributed by atoms with van der Waals surface area (Å²) in [5.41, 5.74) is 2.19. The van der Waals surface area contributed by atoms with E-state index in [1.54, 1.807) is 30.3 Å². The highest BCUT2D eigenvalue weighted by atomic mass is 16.5. The van der Waals surface area contributed by atoms with Crippen LogP contribution in [0.4, 0.5) is 0 Å². The van der Waals surface area contributed by atoms with Gasteiger partial charge in [0.2, 0.25) is 0 Å². The van der Waals surface area contributed by atoms with Crippen LogP contribution in [0.2, 0.25) is 0 Å². The molecule has 4 aromatic carbocycles. The minimum absolute atomic E-state index is 0.0379. The van der Waals surface area contributed by atoms with Crippen molar-refractivity contribution >= 4 is 17.7 Å². The molecule has 0 aromatic heterocycles. The van der Waals surface area contributed by atoms with Crippen molar-refractivity contribution in [1.82, 2.24) is 4.90 Å². The molecule has 5 rings (SSSR count). The van der Waals surface area contributed by atoms with Crippen molar-refractivity contribution < 1.29 is 29.0 Å². The predicted octanol–water partition coefficient (Wildman–Crippen LogP) is 6.22. The normalized spacial score (nSPS) is 14.4. The minimum atomic E-state index is -1.04. The summed E-state index contributed by atoms with van der Waals surface area (Å²) < 4.78 is 12.0. The van der Waals surface area contributed by atoms with Gasteiger partial charge >= 0.3 is 5.97 Å². The molecule has 7 heteroatoms. The summed E-state index contributed by atoms with van der Waals surface area (Å²) in [4.78, 5) is 38.7. The summed E-state index contributed by atoms with van der Waals surface area (Å²) in [5, 5.41) is 9.33. The molecule has 4 aromatic rings. The van der Waals surface area contributed by atoms with Gasteiger partial charge in [0.1, 0.15) is 29.6 Å². The summed E-state index contributed by atoms with van der Waals surface area (Å²) in [6.07, 6.45) is 2.15. The maximum atomic E-state index is 12.9. The maximum Gasteiger partial charge on any atom is 0.335 e. The molecule has 41 heavy (non-hydrogen) atoms. The first-order valence-corrected chi connectivity index (χ1v) is 13.6. The molecule has 7 nitrogen and oxygen atoms in total. The number of nitrogens with zero attached hydrogens (tertiary/aromatic N) is 1. The SMILES string of the molecule is O=C(Cc1ccc(Oc2ccc(OCC3CCCN3C(=O)c3ccccc3)cc2)cc1)Cc1ccccc1C(=O)O. The lowest BCUT2D eigenvalue weighted by molar-refractivity contribution is -0.117. The van der Waals surface area contributed by atoms with Gasteiger partial charge in [-0.15, -0.1) is 0 Å². The summed E-state index contributed by atoms with van der Waals surface area (Å²) in [5.74, 6) is 0.924. The highest BCUT2D eigenvalue weighted by Crippen LogP contribution is 2.26. The first-order chi connectivity index (χ1) is 20.0. The smallest absolute Gasteiger partial charge is 0.335 e. The second kappa shape index (κ2) is 13.0. The van der Waals surface area contributed by atoms with E-state index in [1.165, 1.54) is 6.07 Å². The topological polar surface area (TPSA) is 93.1 Å². The maximum absolute atomic E-state index is 12.9. The molecule has 1 fully saturated rings. The van der Waals surface area contributed by atoms with E-state index in [0.29, 0.717) is 35.0 Å². The number of ether oxygens (including phenoxy) is 2. The average Bonchev–Trinajstić information content (AvgIpc) is 3.47. The summed E-state index contributed by atoms with van der Waals surface area (Å²) in [6, 6.07) is 30.5. The van der Waals surface area contributed by atoms with Crippen LogP contribution in [0.25, 0.3) is 0 Å². The van der Waals surface area contributed by atoms with Crippen molar-refractivity contribution in [2.45, 2.75) is 31.7 Å². The van der Waals surface area contributed by atoms with Gasteiger partial charge in [-0.05, 0) is 78.6 Å². The largest absolute Gasteiger partial charge is 0.491 e. The number of aromatic carboxylic acids is 1. The molecular weight excluding hydrogens is 518 g/mol. The number of carbonyl (C=O) groups excluding carboxylic acids is 2. The Bertz CT molecular complexity index is 1500. The number of rotatable bonds is 11. The molecule has 0 radical (unpaired) electrons. The van der Waals surface area contributed by atoms with Gasteiger partial charge in [-0.25, -0.2) is 4.79 Å². The lowest BCUT2D eigenvalue weighted by atomic mass is 9.99. The Morgan fingerprint density at radius 2 is 1.39 bits per heavy atom. The molecule has 1 amide bonds. The second-order valence-corrected chi connectivity index (χ2v) is 10.0. The van der Waals surface area contributed by atoms with E-state index in [4.69, 9.17) is 9.47 Å². The Morgan fingerprint density at radius 3 is 2.10 bits per heavy atom. The third-order valence-corrected chi connectivity index (χ3v) is 7.12. The Morgan fingerprint density at radius 1 is 0.756 bits per heavy atom. The Balaban J connectivity index is 1.11.